The topological polar surface area (TPSA) is 98.3 Å². The Kier molecular flexibility index (Phi) is 3.53. The van der Waals surface area contributed by atoms with Gasteiger partial charge in [0, 0.05) is 31.4 Å². The van der Waals surface area contributed by atoms with Gasteiger partial charge in [-0.15, -0.1) is 10.2 Å². The number of aromatic amines is 1. The van der Waals surface area contributed by atoms with Crippen LogP contribution in [0.15, 0.2) is 23.0 Å². The van der Waals surface area contributed by atoms with E-state index in [1.165, 1.54) is 0 Å². The van der Waals surface area contributed by atoms with Crippen molar-refractivity contribution in [3.8, 4) is 11.6 Å². The van der Waals surface area contributed by atoms with E-state index in [1.807, 2.05) is 23.8 Å². The summed E-state index contributed by atoms with van der Waals surface area (Å²) in [5.41, 5.74) is 0.932. The van der Waals surface area contributed by atoms with Crippen LogP contribution in [0.1, 0.15) is 24.9 Å². The molecule has 104 valence electrons. The highest BCUT2D eigenvalue weighted by Crippen LogP contribution is 2.19. The molecule has 1 N–H and O–H groups in total. The molecule has 0 aliphatic rings. The molecule has 20 heavy (non-hydrogen) atoms. The summed E-state index contributed by atoms with van der Waals surface area (Å²) in [6, 6.07) is 1.93. The monoisotopic (exact) mass is 273 g/mol. The van der Waals surface area contributed by atoms with Gasteiger partial charge in [-0.1, -0.05) is 17.3 Å². The van der Waals surface area contributed by atoms with Gasteiger partial charge in [-0.25, -0.2) is 4.98 Å². The SMILES string of the molecule is CCc1cc(-c2nccn2CCCc2nn[nH]n2)on1. The number of rotatable bonds is 6. The number of hydrogen-bond donors (Lipinski definition) is 1. The lowest BCUT2D eigenvalue weighted by Gasteiger charge is -2.03. The lowest BCUT2D eigenvalue weighted by Crippen LogP contribution is -2.01. The van der Waals surface area contributed by atoms with Crippen molar-refractivity contribution in [2.45, 2.75) is 32.7 Å². The normalized spacial score (nSPS) is 11.1. The van der Waals surface area contributed by atoms with Crippen molar-refractivity contribution < 1.29 is 4.52 Å². The minimum Gasteiger partial charge on any atom is -0.353 e. The molecule has 0 spiro atoms. The second-order valence-corrected chi connectivity index (χ2v) is 4.41. The highest BCUT2D eigenvalue weighted by Gasteiger charge is 2.11. The van der Waals surface area contributed by atoms with Gasteiger partial charge in [-0.2, -0.15) is 5.21 Å². The second kappa shape index (κ2) is 5.64. The average Bonchev–Trinajstić information content (AvgIpc) is 3.20. The zero-order valence-corrected chi connectivity index (χ0v) is 11.2. The fourth-order valence-corrected chi connectivity index (χ4v) is 1.99. The molecule has 0 fully saturated rings. The molecule has 0 aromatic carbocycles. The maximum absolute atomic E-state index is 5.32. The standard InChI is InChI=1S/C12H15N7O/c1-2-9-8-10(20-16-9)12-13-5-7-19(12)6-3-4-11-14-17-18-15-11/h5,7-8H,2-4,6H2,1H3,(H,14,15,17,18). The van der Waals surface area contributed by atoms with Crippen LogP contribution in [0.25, 0.3) is 11.6 Å². The fraction of sp³-hybridized carbons (Fsp3) is 0.417. The second-order valence-electron chi connectivity index (χ2n) is 4.41. The molecule has 0 saturated carbocycles. The Morgan fingerprint density at radius 2 is 2.35 bits per heavy atom. The zero-order chi connectivity index (χ0) is 13.8. The summed E-state index contributed by atoms with van der Waals surface area (Å²) >= 11 is 0. The van der Waals surface area contributed by atoms with Gasteiger partial charge < -0.3 is 9.09 Å². The summed E-state index contributed by atoms with van der Waals surface area (Å²) in [6.45, 7) is 2.85. The van der Waals surface area contributed by atoms with Crippen molar-refractivity contribution in [1.29, 1.82) is 0 Å². The molecule has 0 aliphatic heterocycles. The van der Waals surface area contributed by atoms with Crippen LogP contribution in [-0.2, 0) is 19.4 Å². The summed E-state index contributed by atoms with van der Waals surface area (Å²) in [5, 5.41) is 17.8. The predicted octanol–water partition coefficient (Wildman–Crippen LogP) is 1.25. The number of H-pyrrole nitrogens is 1. The van der Waals surface area contributed by atoms with Crippen molar-refractivity contribution >= 4 is 0 Å². The highest BCUT2D eigenvalue weighted by molar-refractivity contribution is 5.47. The van der Waals surface area contributed by atoms with Gasteiger partial charge in [0.1, 0.15) is 0 Å². The highest BCUT2D eigenvalue weighted by atomic mass is 16.5. The van der Waals surface area contributed by atoms with Crippen molar-refractivity contribution in [2.75, 3.05) is 0 Å². The molecular weight excluding hydrogens is 258 g/mol. The summed E-state index contributed by atoms with van der Waals surface area (Å²) in [4.78, 5) is 4.33. The number of nitrogens with one attached hydrogen (secondary N) is 1. The molecule has 0 atom stereocenters. The third-order valence-corrected chi connectivity index (χ3v) is 3.05. The van der Waals surface area contributed by atoms with E-state index in [1.54, 1.807) is 6.20 Å². The number of tetrazole rings is 1. The Hall–Kier alpha value is -2.51. The number of imidazole rings is 1. The van der Waals surface area contributed by atoms with Crippen molar-refractivity contribution in [3.63, 3.8) is 0 Å². The Balaban J connectivity index is 1.67. The van der Waals surface area contributed by atoms with Gasteiger partial charge in [-0.3, -0.25) is 0 Å². The van der Waals surface area contributed by atoms with Gasteiger partial charge in [0.25, 0.3) is 0 Å². The van der Waals surface area contributed by atoms with Gasteiger partial charge in [0.05, 0.1) is 5.69 Å². The molecule has 8 nitrogen and oxygen atoms in total. The number of hydrogen-bond acceptors (Lipinski definition) is 6. The lowest BCUT2D eigenvalue weighted by atomic mass is 10.3. The first-order valence-corrected chi connectivity index (χ1v) is 6.56. The Labute approximate surface area is 115 Å². The number of aromatic nitrogens is 7. The van der Waals surface area contributed by atoms with Crippen LogP contribution in [0.3, 0.4) is 0 Å². The Morgan fingerprint density at radius 3 is 3.10 bits per heavy atom. The van der Waals surface area contributed by atoms with Gasteiger partial charge in [0.2, 0.25) is 5.76 Å². The summed E-state index contributed by atoms with van der Waals surface area (Å²) in [7, 11) is 0. The minimum absolute atomic E-state index is 0.700. The maximum Gasteiger partial charge on any atom is 0.202 e. The summed E-state index contributed by atoms with van der Waals surface area (Å²) in [5.74, 6) is 2.22. The molecule has 0 bridgehead atoms. The van der Waals surface area contributed by atoms with Crippen LogP contribution in [0, 0.1) is 0 Å². The predicted molar refractivity (Wildman–Crippen MR) is 69.6 cm³/mol. The minimum atomic E-state index is 0.700. The van der Waals surface area contributed by atoms with Crippen molar-refractivity contribution in [3.05, 3.63) is 30.0 Å². The van der Waals surface area contributed by atoms with Crippen LogP contribution in [0.4, 0.5) is 0 Å². The molecule has 0 aliphatic carbocycles. The smallest absolute Gasteiger partial charge is 0.202 e. The van der Waals surface area contributed by atoms with Gasteiger partial charge >= 0.3 is 0 Å². The quantitative estimate of drug-likeness (QED) is 0.725. The van der Waals surface area contributed by atoms with E-state index in [-0.39, 0.29) is 0 Å². The first-order chi connectivity index (χ1) is 9.86. The molecule has 3 aromatic rings. The zero-order valence-electron chi connectivity index (χ0n) is 11.2. The Morgan fingerprint density at radius 1 is 1.40 bits per heavy atom. The average molecular weight is 273 g/mol. The molecule has 3 heterocycles. The summed E-state index contributed by atoms with van der Waals surface area (Å²) < 4.78 is 7.36. The van der Waals surface area contributed by atoms with E-state index in [0.717, 1.165) is 43.1 Å². The van der Waals surface area contributed by atoms with Crippen molar-refractivity contribution in [2.24, 2.45) is 0 Å². The lowest BCUT2D eigenvalue weighted by molar-refractivity contribution is 0.419. The van der Waals surface area contributed by atoms with E-state index in [9.17, 15) is 0 Å². The number of nitrogens with zero attached hydrogens (tertiary/aromatic N) is 6. The van der Waals surface area contributed by atoms with E-state index in [2.05, 4.69) is 30.8 Å². The molecule has 0 saturated heterocycles. The van der Waals surface area contributed by atoms with Crippen LogP contribution >= 0.6 is 0 Å². The van der Waals surface area contributed by atoms with E-state index in [0.29, 0.717) is 5.76 Å². The molecule has 3 rings (SSSR count). The summed E-state index contributed by atoms with van der Waals surface area (Å²) in [6.07, 6.45) is 6.21. The van der Waals surface area contributed by atoms with Gasteiger partial charge in [0.15, 0.2) is 11.6 Å². The molecule has 0 unspecified atom stereocenters. The van der Waals surface area contributed by atoms with Gasteiger partial charge in [-0.05, 0) is 12.8 Å². The van der Waals surface area contributed by atoms with Crippen LogP contribution < -0.4 is 0 Å². The maximum atomic E-state index is 5.32. The van der Waals surface area contributed by atoms with E-state index >= 15 is 0 Å². The molecular formula is C12H15N7O. The third kappa shape index (κ3) is 2.58. The van der Waals surface area contributed by atoms with Crippen LogP contribution in [0.2, 0.25) is 0 Å². The molecule has 0 amide bonds. The molecule has 3 aromatic heterocycles. The van der Waals surface area contributed by atoms with Crippen LogP contribution in [-0.4, -0.2) is 35.3 Å². The van der Waals surface area contributed by atoms with E-state index < -0.39 is 0 Å². The Bertz CT molecular complexity index is 655. The third-order valence-electron chi connectivity index (χ3n) is 3.05. The first kappa shape index (κ1) is 12.5. The molecule has 0 radical (unpaired) electrons. The van der Waals surface area contributed by atoms with Crippen molar-refractivity contribution in [1.82, 2.24) is 35.3 Å². The fourth-order valence-electron chi connectivity index (χ4n) is 1.99. The van der Waals surface area contributed by atoms with E-state index in [4.69, 9.17) is 4.52 Å². The van der Waals surface area contributed by atoms with Crippen LogP contribution in [0.5, 0.6) is 0 Å². The number of aryl methyl sites for hydroxylation is 3. The largest absolute Gasteiger partial charge is 0.353 e. The molecule has 8 heteroatoms. The first-order valence-electron chi connectivity index (χ1n) is 6.56.